The fraction of sp³-hybridized carbons (Fsp3) is 0.200. The van der Waals surface area contributed by atoms with Crippen LogP contribution in [-0.2, 0) is 16.1 Å². The van der Waals surface area contributed by atoms with Gasteiger partial charge in [0.1, 0.15) is 18.1 Å². The quantitative estimate of drug-likeness (QED) is 0.634. The standard InChI is InChI=1S/C20H19NO4/c1-14-7-6-10-18(15(14)2)23-13-20(22)24-12-17-11-19(25-21-17)16-8-4-3-5-9-16/h3-11H,12-13H2,1-2H3. The first-order valence-corrected chi connectivity index (χ1v) is 7.99. The molecule has 0 saturated heterocycles. The first-order valence-electron chi connectivity index (χ1n) is 7.99. The molecular formula is C20H19NO4. The molecule has 2 aromatic carbocycles. The van der Waals surface area contributed by atoms with Gasteiger partial charge in [-0.05, 0) is 31.0 Å². The van der Waals surface area contributed by atoms with Gasteiger partial charge in [-0.25, -0.2) is 4.79 Å². The number of esters is 1. The average molecular weight is 337 g/mol. The lowest BCUT2D eigenvalue weighted by atomic mass is 10.1. The Morgan fingerprint density at radius 2 is 1.88 bits per heavy atom. The summed E-state index contributed by atoms with van der Waals surface area (Å²) >= 11 is 0. The van der Waals surface area contributed by atoms with Crippen LogP contribution < -0.4 is 4.74 Å². The van der Waals surface area contributed by atoms with Crippen LogP contribution in [0.1, 0.15) is 16.8 Å². The second-order valence-corrected chi connectivity index (χ2v) is 5.70. The monoisotopic (exact) mass is 337 g/mol. The van der Waals surface area contributed by atoms with Crippen molar-refractivity contribution in [1.29, 1.82) is 0 Å². The molecule has 5 nitrogen and oxygen atoms in total. The number of rotatable bonds is 6. The molecule has 0 unspecified atom stereocenters. The molecule has 5 heteroatoms. The number of hydrogen-bond donors (Lipinski definition) is 0. The van der Waals surface area contributed by atoms with Crippen LogP contribution in [0, 0.1) is 13.8 Å². The van der Waals surface area contributed by atoms with E-state index in [2.05, 4.69) is 5.16 Å². The fourth-order valence-corrected chi connectivity index (χ4v) is 2.33. The summed E-state index contributed by atoms with van der Waals surface area (Å²) in [6.45, 7) is 3.85. The molecule has 0 amide bonds. The first-order chi connectivity index (χ1) is 12.1. The minimum Gasteiger partial charge on any atom is -0.482 e. The van der Waals surface area contributed by atoms with Gasteiger partial charge in [0.2, 0.25) is 0 Å². The van der Waals surface area contributed by atoms with Gasteiger partial charge in [-0.1, -0.05) is 47.6 Å². The molecule has 0 N–H and O–H groups in total. The van der Waals surface area contributed by atoms with E-state index in [-0.39, 0.29) is 13.2 Å². The molecule has 0 radical (unpaired) electrons. The molecule has 0 saturated carbocycles. The predicted octanol–water partition coefficient (Wildman–Crippen LogP) is 4.08. The van der Waals surface area contributed by atoms with Gasteiger partial charge in [0.05, 0.1) is 0 Å². The van der Waals surface area contributed by atoms with Crippen LogP contribution in [0.3, 0.4) is 0 Å². The molecule has 1 heterocycles. The second-order valence-electron chi connectivity index (χ2n) is 5.70. The van der Waals surface area contributed by atoms with Gasteiger partial charge in [0, 0.05) is 11.6 Å². The Morgan fingerprint density at radius 3 is 2.68 bits per heavy atom. The zero-order chi connectivity index (χ0) is 17.6. The van der Waals surface area contributed by atoms with Gasteiger partial charge in [-0.15, -0.1) is 0 Å². The number of carbonyl (C=O) groups excluding carboxylic acids is 1. The summed E-state index contributed by atoms with van der Waals surface area (Å²) in [5.74, 6) is 0.869. The van der Waals surface area contributed by atoms with Crippen molar-refractivity contribution in [3.8, 4) is 17.1 Å². The van der Waals surface area contributed by atoms with Crippen molar-refractivity contribution in [3.05, 3.63) is 71.4 Å². The van der Waals surface area contributed by atoms with Gasteiger partial charge >= 0.3 is 5.97 Å². The lowest BCUT2D eigenvalue weighted by Crippen LogP contribution is -2.15. The maximum absolute atomic E-state index is 11.9. The largest absolute Gasteiger partial charge is 0.482 e. The molecule has 128 valence electrons. The van der Waals surface area contributed by atoms with Crippen LogP contribution >= 0.6 is 0 Å². The van der Waals surface area contributed by atoms with Crippen LogP contribution in [0.15, 0.2) is 59.1 Å². The van der Waals surface area contributed by atoms with E-state index in [0.717, 1.165) is 16.7 Å². The molecule has 0 bridgehead atoms. The van der Waals surface area contributed by atoms with Crippen molar-refractivity contribution in [3.63, 3.8) is 0 Å². The Balaban J connectivity index is 1.51. The fourth-order valence-electron chi connectivity index (χ4n) is 2.33. The molecule has 0 atom stereocenters. The summed E-state index contributed by atoms with van der Waals surface area (Å²) in [4.78, 5) is 11.9. The topological polar surface area (TPSA) is 61.6 Å². The van der Waals surface area contributed by atoms with Crippen LogP contribution in [-0.4, -0.2) is 17.7 Å². The van der Waals surface area contributed by atoms with Crippen molar-refractivity contribution >= 4 is 5.97 Å². The van der Waals surface area contributed by atoms with Gasteiger partial charge in [-0.2, -0.15) is 0 Å². The molecule has 0 aliphatic rings. The van der Waals surface area contributed by atoms with Crippen LogP contribution in [0.25, 0.3) is 11.3 Å². The number of aryl methyl sites for hydroxylation is 1. The minimum atomic E-state index is -0.454. The van der Waals surface area contributed by atoms with Gasteiger partial charge in [0.15, 0.2) is 12.4 Å². The summed E-state index contributed by atoms with van der Waals surface area (Å²) in [6, 6.07) is 17.1. The van der Waals surface area contributed by atoms with Crippen molar-refractivity contribution in [1.82, 2.24) is 5.16 Å². The Morgan fingerprint density at radius 1 is 1.08 bits per heavy atom. The average Bonchev–Trinajstić information content (AvgIpc) is 3.11. The highest BCUT2D eigenvalue weighted by Gasteiger charge is 2.11. The predicted molar refractivity (Wildman–Crippen MR) is 93.1 cm³/mol. The van der Waals surface area contributed by atoms with Crippen LogP contribution in [0.5, 0.6) is 5.75 Å². The maximum atomic E-state index is 11.9. The van der Waals surface area contributed by atoms with E-state index in [1.165, 1.54) is 0 Å². The number of carbonyl (C=O) groups is 1. The molecule has 25 heavy (non-hydrogen) atoms. The summed E-state index contributed by atoms with van der Waals surface area (Å²) < 4.78 is 16.0. The summed E-state index contributed by atoms with van der Waals surface area (Å²) in [5, 5.41) is 3.92. The van der Waals surface area contributed by atoms with Crippen molar-refractivity contribution in [2.75, 3.05) is 6.61 Å². The Kier molecular flexibility index (Phi) is 5.14. The highest BCUT2D eigenvalue weighted by atomic mass is 16.6. The van der Waals surface area contributed by atoms with E-state index in [0.29, 0.717) is 17.2 Å². The molecule has 3 rings (SSSR count). The van der Waals surface area contributed by atoms with Gasteiger partial charge in [-0.3, -0.25) is 0 Å². The van der Waals surface area contributed by atoms with E-state index in [1.54, 1.807) is 6.07 Å². The Labute approximate surface area is 146 Å². The van der Waals surface area contributed by atoms with Crippen molar-refractivity contribution in [2.24, 2.45) is 0 Å². The number of nitrogens with zero attached hydrogens (tertiary/aromatic N) is 1. The SMILES string of the molecule is Cc1cccc(OCC(=O)OCc2cc(-c3ccccc3)on2)c1C. The molecule has 0 fully saturated rings. The summed E-state index contributed by atoms with van der Waals surface area (Å²) in [6.07, 6.45) is 0. The van der Waals surface area contributed by atoms with E-state index in [1.807, 2.05) is 62.4 Å². The first kappa shape index (κ1) is 16.8. The van der Waals surface area contributed by atoms with Crippen LogP contribution in [0.2, 0.25) is 0 Å². The summed E-state index contributed by atoms with van der Waals surface area (Å²) in [7, 11) is 0. The zero-order valence-electron chi connectivity index (χ0n) is 14.2. The summed E-state index contributed by atoms with van der Waals surface area (Å²) in [5.41, 5.74) is 3.60. The Bertz CT molecular complexity index is 855. The lowest BCUT2D eigenvalue weighted by molar-refractivity contribution is -0.147. The van der Waals surface area contributed by atoms with Crippen molar-refractivity contribution < 1.29 is 18.8 Å². The second kappa shape index (κ2) is 7.66. The third-order valence-electron chi connectivity index (χ3n) is 3.90. The zero-order valence-corrected chi connectivity index (χ0v) is 14.2. The molecule has 0 aliphatic heterocycles. The molecule has 0 aliphatic carbocycles. The van der Waals surface area contributed by atoms with Crippen molar-refractivity contribution in [2.45, 2.75) is 20.5 Å². The van der Waals surface area contributed by atoms with E-state index in [4.69, 9.17) is 14.0 Å². The normalized spacial score (nSPS) is 10.5. The molecule has 1 aromatic heterocycles. The number of benzene rings is 2. The molecular weight excluding hydrogens is 318 g/mol. The molecule has 0 spiro atoms. The van der Waals surface area contributed by atoms with Gasteiger partial charge < -0.3 is 14.0 Å². The Hall–Kier alpha value is -3.08. The van der Waals surface area contributed by atoms with Crippen LogP contribution in [0.4, 0.5) is 0 Å². The number of aromatic nitrogens is 1. The van der Waals surface area contributed by atoms with E-state index in [9.17, 15) is 4.79 Å². The highest BCUT2D eigenvalue weighted by Crippen LogP contribution is 2.21. The van der Waals surface area contributed by atoms with E-state index >= 15 is 0 Å². The van der Waals surface area contributed by atoms with Gasteiger partial charge in [0.25, 0.3) is 0 Å². The number of ether oxygens (including phenoxy) is 2. The third kappa shape index (κ3) is 4.26. The number of hydrogen-bond acceptors (Lipinski definition) is 5. The maximum Gasteiger partial charge on any atom is 0.344 e. The minimum absolute atomic E-state index is 0.0470. The molecule has 3 aromatic rings. The lowest BCUT2D eigenvalue weighted by Gasteiger charge is -2.10. The highest BCUT2D eigenvalue weighted by molar-refractivity contribution is 5.71. The van der Waals surface area contributed by atoms with E-state index < -0.39 is 5.97 Å². The smallest absolute Gasteiger partial charge is 0.344 e. The third-order valence-corrected chi connectivity index (χ3v) is 3.90.